The summed E-state index contributed by atoms with van der Waals surface area (Å²) in [6.07, 6.45) is 0. The summed E-state index contributed by atoms with van der Waals surface area (Å²) < 4.78 is 5.34. The van der Waals surface area contributed by atoms with Gasteiger partial charge in [-0.25, -0.2) is 0 Å². The second-order valence-electron chi connectivity index (χ2n) is 4.33. The zero-order valence-electron chi connectivity index (χ0n) is 9.93. The molecule has 1 saturated heterocycles. The molecule has 1 aromatic heterocycles. The van der Waals surface area contributed by atoms with E-state index in [1.165, 1.54) is 0 Å². The number of hydrogen-bond donors (Lipinski definition) is 1. The molecule has 0 aliphatic carbocycles. The Bertz CT molecular complexity index is 341. The molecule has 2 heterocycles. The third-order valence-corrected chi connectivity index (χ3v) is 3.90. The van der Waals surface area contributed by atoms with E-state index < -0.39 is 0 Å². The summed E-state index contributed by atoms with van der Waals surface area (Å²) in [5.41, 5.74) is 0. The number of hydrogen-bond acceptors (Lipinski definition) is 6. The summed E-state index contributed by atoms with van der Waals surface area (Å²) in [7, 11) is 5.98. The summed E-state index contributed by atoms with van der Waals surface area (Å²) in [5, 5.41) is 7.31. The molecule has 0 aromatic carbocycles. The molecule has 1 N–H and O–H groups in total. The van der Waals surface area contributed by atoms with Crippen LogP contribution < -0.4 is 5.32 Å². The average Bonchev–Trinajstić information content (AvgIpc) is 2.83. The third kappa shape index (κ3) is 2.56. The minimum atomic E-state index is 0.360. The standard InChI is InChI=1S/C10H18N4OS/c1-11-8-6-16-5-7(8)10-12-9(13-15-10)4-14(2)3/h7-8,11H,4-6H2,1-3H3. The Morgan fingerprint density at radius 3 is 3.00 bits per heavy atom. The van der Waals surface area contributed by atoms with Crippen molar-refractivity contribution in [1.29, 1.82) is 0 Å². The molecule has 2 atom stereocenters. The van der Waals surface area contributed by atoms with Crippen molar-refractivity contribution in [1.82, 2.24) is 20.4 Å². The van der Waals surface area contributed by atoms with Crippen LogP contribution in [0.15, 0.2) is 4.52 Å². The van der Waals surface area contributed by atoms with Crippen LogP contribution in [0.5, 0.6) is 0 Å². The highest BCUT2D eigenvalue weighted by molar-refractivity contribution is 7.99. The van der Waals surface area contributed by atoms with Crippen LogP contribution in [0.1, 0.15) is 17.6 Å². The lowest BCUT2D eigenvalue weighted by Crippen LogP contribution is -2.31. The van der Waals surface area contributed by atoms with Gasteiger partial charge in [0.15, 0.2) is 5.82 Å². The summed E-state index contributed by atoms with van der Waals surface area (Å²) in [6.45, 7) is 0.730. The number of nitrogens with zero attached hydrogens (tertiary/aromatic N) is 3. The minimum absolute atomic E-state index is 0.360. The van der Waals surface area contributed by atoms with Crippen molar-refractivity contribution in [2.75, 3.05) is 32.6 Å². The number of likely N-dealkylation sites (N-methyl/N-ethyl adjacent to an activating group) is 1. The van der Waals surface area contributed by atoms with E-state index in [1.807, 2.05) is 37.8 Å². The van der Waals surface area contributed by atoms with E-state index in [9.17, 15) is 0 Å². The van der Waals surface area contributed by atoms with E-state index in [1.54, 1.807) is 0 Å². The molecule has 0 amide bonds. The Morgan fingerprint density at radius 2 is 2.31 bits per heavy atom. The number of nitrogens with one attached hydrogen (secondary N) is 1. The molecule has 90 valence electrons. The Kier molecular flexibility index (Phi) is 3.83. The van der Waals surface area contributed by atoms with Gasteiger partial charge in [-0.15, -0.1) is 0 Å². The zero-order valence-corrected chi connectivity index (χ0v) is 10.8. The van der Waals surface area contributed by atoms with Crippen LogP contribution in [-0.2, 0) is 6.54 Å². The van der Waals surface area contributed by atoms with Gasteiger partial charge in [0.25, 0.3) is 0 Å². The lowest BCUT2D eigenvalue weighted by molar-refractivity contribution is 0.329. The zero-order chi connectivity index (χ0) is 11.5. The smallest absolute Gasteiger partial charge is 0.232 e. The second-order valence-corrected chi connectivity index (χ2v) is 5.40. The van der Waals surface area contributed by atoms with E-state index in [0.717, 1.165) is 29.8 Å². The van der Waals surface area contributed by atoms with Gasteiger partial charge >= 0.3 is 0 Å². The summed E-state index contributed by atoms with van der Waals surface area (Å²) in [6, 6.07) is 0.456. The van der Waals surface area contributed by atoms with Gasteiger partial charge in [-0.2, -0.15) is 16.7 Å². The molecule has 6 heteroatoms. The predicted octanol–water partition coefficient (Wildman–Crippen LogP) is 0.550. The molecule has 16 heavy (non-hydrogen) atoms. The van der Waals surface area contributed by atoms with Crippen LogP contribution in [0.2, 0.25) is 0 Å². The van der Waals surface area contributed by atoms with Gasteiger partial charge in [0.1, 0.15) is 0 Å². The molecule has 0 radical (unpaired) electrons. The van der Waals surface area contributed by atoms with Gasteiger partial charge in [-0.3, -0.25) is 0 Å². The van der Waals surface area contributed by atoms with Crippen LogP contribution >= 0.6 is 11.8 Å². The predicted molar refractivity (Wildman–Crippen MR) is 64.6 cm³/mol. The van der Waals surface area contributed by atoms with Crippen molar-refractivity contribution >= 4 is 11.8 Å². The fourth-order valence-electron chi connectivity index (χ4n) is 1.85. The van der Waals surface area contributed by atoms with E-state index in [2.05, 4.69) is 15.5 Å². The Morgan fingerprint density at radius 1 is 1.50 bits per heavy atom. The fourth-order valence-corrected chi connectivity index (χ4v) is 3.27. The lowest BCUT2D eigenvalue weighted by atomic mass is 10.0. The van der Waals surface area contributed by atoms with Crippen molar-refractivity contribution in [3.05, 3.63) is 11.7 Å². The topological polar surface area (TPSA) is 54.2 Å². The van der Waals surface area contributed by atoms with Crippen molar-refractivity contribution in [3.8, 4) is 0 Å². The van der Waals surface area contributed by atoms with E-state index >= 15 is 0 Å². The molecule has 2 unspecified atom stereocenters. The molecule has 1 aliphatic rings. The Labute approximate surface area is 100.0 Å². The molecule has 5 nitrogen and oxygen atoms in total. The summed E-state index contributed by atoms with van der Waals surface area (Å²) in [4.78, 5) is 6.49. The van der Waals surface area contributed by atoms with Crippen LogP contribution in [0.3, 0.4) is 0 Å². The first kappa shape index (κ1) is 11.9. The number of thioether (sulfide) groups is 1. The SMILES string of the molecule is CNC1CSCC1c1nc(CN(C)C)no1. The normalized spacial score (nSPS) is 25.5. The fraction of sp³-hybridized carbons (Fsp3) is 0.800. The van der Waals surface area contributed by atoms with Crippen LogP contribution in [-0.4, -0.2) is 53.7 Å². The minimum Gasteiger partial charge on any atom is -0.339 e. The maximum atomic E-state index is 5.34. The molecular formula is C10H18N4OS. The molecule has 1 aliphatic heterocycles. The first-order valence-electron chi connectivity index (χ1n) is 5.43. The Balaban J connectivity index is 2.06. The van der Waals surface area contributed by atoms with Crippen LogP contribution in [0, 0.1) is 0 Å². The first-order chi connectivity index (χ1) is 7.70. The first-order valence-corrected chi connectivity index (χ1v) is 6.58. The summed E-state index contributed by atoms with van der Waals surface area (Å²) >= 11 is 1.93. The maximum absolute atomic E-state index is 5.34. The quantitative estimate of drug-likeness (QED) is 0.832. The van der Waals surface area contributed by atoms with E-state index in [0.29, 0.717) is 12.0 Å². The largest absolute Gasteiger partial charge is 0.339 e. The molecule has 0 bridgehead atoms. The van der Waals surface area contributed by atoms with Crippen molar-refractivity contribution in [3.63, 3.8) is 0 Å². The van der Waals surface area contributed by atoms with Crippen molar-refractivity contribution in [2.45, 2.75) is 18.5 Å². The van der Waals surface area contributed by atoms with Crippen LogP contribution in [0.25, 0.3) is 0 Å². The van der Waals surface area contributed by atoms with Gasteiger partial charge < -0.3 is 14.7 Å². The lowest BCUT2D eigenvalue weighted by Gasteiger charge is -2.13. The molecule has 0 spiro atoms. The highest BCUT2D eigenvalue weighted by Gasteiger charge is 2.32. The molecule has 1 aromatic rings. The summed E-state index contributed by atoms with van der Waals surface area (Å²) in [5.74, 6) is 4.09. The van der Waals surface area contributed by atoms with Crippen LogP contribution in [0.4, 0.5) is 0 Å². The molecular weight excluding hydrogens is 224 g/mol. The number of rotatable bonds is 4. The van der Waals surface area contributed by atoms with Gasteiger partial charge in [0.2, 0.25) is 5.89 Å². The van der Waals surface area contributed by atoms with E-state index in [-0.39, 0.29) is 0 Å². The second kappa shape index (κ2) is 5.16. The highest BCUT2D eigenvalue weighted by atomic mass is 32.2. The van der Waals surface area contributed by atoms with Crippen molar-refractivity contribution < 1.29 is 4.52 Å². The van der Waals surface area contributed by atoms with E-state index in [4.69, 9.17) is 4.52 Å². The van der Waals surface area contributed by atoms with Gasteiger partial charge in [0.05, 0.1) is 12.5 Å². The average molecular weight is 242 g/mol. The maximum Gasteiger partial charge on any atom is 0.232 e. The molecule has 2 rings (SSSR count). The van der Waals surface area contributed by atoms with Gasteiger partial charge in [-0.1, -0.05) is 5.16 Å². The van der Waals surface area contributed by atoms with Gasteiger partial charge in [-0.05, 0) is 21.1 Å². The third-order valence-electron chi connectivity index (χ3n) is 2.71. The molecule has 0 saturated carbocycles. The van der Waals surface area contributed by atoms with Crippen molar-refractivity contribution in [2.24, 2.45) is 0 Å². The Hall–Kier alpha value is -0.590. The molecule has 1 fully saturated rings. The number of aromatic nitrogens is 2. The highest BCUT2D eigenvalue weighted by Crippen LogP contribution is 2.31. The van der Waals surface area contributed by atoms with Gasteiger partial charge in [0, 0.05) is 17.5 Å². The monoisotopic (exact) mass is 242 g/mol.